The lowest BCUT2D eigenvalue weighted by molar-refractivity contribution is -0.138. The zero-order valence-electron chi connectivity index (χ0n) is 14.4. The molecule has 7 heteroatoms. The first-order chi connectivity index (χ1) is 11.4. The van der Waals surface area contributed by atoms with E-state index in [2.05, 4.69) is 0 Å². The van der Waals surface area contributed by atoms with E-state index in [1.54, 1.807) is 19.2 Å². The maximum Gasteiger partial charge on any atom is 0.339 e. The van der Waals surface area contributed by atoms with Gasteiger partial charge in [-0.15, -0.1) is 0 Å². The first kappa shape index (κ1) is 19.3. The second-order valence-corrected chi connectivity index (χ2v) is 5.01. The van der Waals surface area contributed by atoms with Crippen LogP contribution in [-0.2, 0) is 9.53 Å². The largest absolute Gasteiger partial charge is 0.493 e. The fraction of sp³-hybridized carbons (Fsp3) is 0.471. The van der Waals surface area contributed by atoms with E-state index in [4.69, 9.17) is 19.5 Å². The number of carbonyl (C=O) groups excluding carboxylic acids is 2. The Bertz CT molecular complexity index is 624. The number of hydrogen-bond donors (Lipinski definition) is 0. The van der Waals surface area contributed by atoms with Gasteiger partial charge in [-0.2, -0.15) is 5.26 Å². The van der Waals surface area contributed by atoms with Gasteiger partial charge in [-0.05, 0) is 32.0 Å². The van der Waals surface area contributed by atoms with Crippen molar-refractivity contribution >= 4 is 11.9 Å². The van der Waals surface area contributed by atoms with E-state index in [1.165, 1.54) is 25.0 Å². The number of carbonyl (C=O) groups is 2. The maximum atomic E-state index is 12.2. The second kappa shape index (κ2) is 9.40. The van der Waals surface area contributed by atoms with Crippen LogP contribution in [0.4, 0.5) is 0 Å². The number of benzene rings is 1. The Kier molecular flexibility index (Phi) is 7.56. The number of hydrogen-bond acceptors (Lipinski definition) is 6. The minimum absolute atomic E-state index is 0.221. The molecular weight excluding hydrogens is 312 g/mol. The van der Waals surface area contributed by atoms with Crippen molar-refractivity contribution in [3.8, 4) is 17.6 Å². The lowest BCUT2D eigenvalue weighted by atomic mass is 10.2. The third-order valence-corrected chi connectivity index (χ3v) is 3.27. The molecule has 0 heterocycles. The van der Waals surface area contributed by atoms with Gasteiger partial charge in [-0.3, -0.25) is 4.79 Å². The molecule has 0 aromatic heterocycles. The minimum atomic E-state index is -0.946. The van der Waals surface area contributed by atoms with Crippen LogP contribution in [0.2, 0.25) is 0 Å². The predicted octanol–water partition coefficient (Wildman–Crippen LogP) is 2.01. The third-order valence-electron chi connectivity index (χ3n) is 3.27. The predicted molar refractivity (Wildman–Crippen MR) is 86.9 cm³/mol. The summed E-state index contributed by atoms with van der Waals surface area (Å²) < 4.78 is 15.8. The molecule has 0 radical (unpaired) electrons. The van der Waals surface area contributed by atoms with Crippen molar-refractivity contribution in [2.24, 2.45) is 0 Å². The van der Waals surface area contributed by atoms with E-state index in [1.807, 2.05) is 13.0 Å². The van der Waals surface area contributed by atoms with E-state index >= 15 is 0 Å². The van der Waals surface area contributed by atoms with Crippen LogP contribution in [0.1, 0.15) is 30.6 Å². The quantitative estimate of drug-likeness (QED) is 0.676. The van der Waals surface area contributed by atoms with Gasteiger partial charge in [0.15, 0.2) is 17.6 Å². The highest BCUT2D eigenvalue weighted by Crippen LogP contribution is 2.28. The van der Waals surface area contributed by atoms with Crippen LogP contribution in [0.5, 0.6) is 11.5 Å². The van der Waals surface area contributed by atoms with Gasteiger partial charge >= 0.3 is 5.97 Å². The van der Waals surface area contributed by atoms with Gasteiger partial charge in [-0.1, -0.05) is 0 Å². The monoisotopic (exact) mass is 334 g/mol. The second-order valence-electron chi connectivity index (χ2n) is 5.01. The zero-order valence-corrected chi connectivity index (χ0v) is 14.4. The number of amides is 1. The van der Waals surface area contributed by atoms with Crippen molar-refractivity contribution in [2.75, 3.05) is 27.3 Å². The number of likely N-dealkylation sites (N-methyl/N-ethyl adjacent to an activating group) is 1. The molecule has 24 heavy (non-hydrogen) atoms. The molecular formula is C17H22N2O5. The van der Waals surface area contributed by atoms with Gasteiger partial charge in [0, 0.05) is 13.6 Å². The molecule has 1 aromatic rings. The van der Waals surface area contributed by atoms with Crippen LogP contribution in [0.15, 0.2) is 18.2 Å². The number of rotatable bonds is 8. The van der Waals surface area contributed by atoms with Crippen molar-refractivity contribution in [1.29, 1.82) is 5.26 Å². The van der Waals surface area contributed by atoms with Crippen molar-refractivity contribution < 1.29 is 23.8 Å². The van der Waals surface area contributed by atoms with Gasteiger partial charge < -0.3 is 19.1 Å². The van der Waals surface area contributed by atoms with Crippen LogP contribution in [-0.4, -0.2) is 50.2 Å². The Balaban J connectivity index is 2.77. The molecule has 0 unspecified atom stereocenters. The summed E-state index contributed by atoms with van der Waals surface area (Å²) in [5, 5.41) is 8.54. The van der Waals surface area contributed by atoms with Crippen LogP contribution < -0.4 is 9.47 Å². The van der Waals surface area contributed by atoms with Gasteiger partial charge in [0.25, 0.3) is 5.91 Å². The number of ether oxygens (including phenoxy) is 3. The van der Waals surface area contributed by atoms with Crippen LogP contribution in [0, 0.1) is 11.3 Å². The highest BCUT2D eigenvalue weighted by molar-refractivity contribution is 5.92. The molecule has 1 atom stereocenters. The molecule has 0 fully saturated rings. The van der Waals surface area contributed by atoms with Crippen molar-refractivity contribution in [3.05, 3.63) is 23.8 Å². The molecule has 0 saturated carbocycles. The zero-order chi connectivity index (χ0) is 18.1. The number of nitrogens with zero attached hydrogens (tertiary/aromatic N) is 2. The molecule has 0 bridgehead atoms. The Labute approximate surface area is 141 Å². The standard InChI is InChI=1S/C17H22N2O5/c1-5-23-14-8-7-13(11-15(14)22-4)17(21)24-12(2)16(20)19(3)10-6-9-18/h7-8,11-12H,5-6,10H2,1-4H3/t12-/m1/s1. The molecule has 7 nitrogen and oxygen atoms in total. The molecule has 1 aromatic carbocycles. The highest BCUT2D eigenvalue weighted by Gasteiger charge is 2.22. The Morgan fingerprint density at radius 2 is 2.04 bits per heavy atom. The smallest absolute Gasteiger partial charge is 0.339 e. The molecule has 0 N–H and O–H groups in total. The van der Waals surface area contributed by atoms with E-state index in [-0.39, 0.29) is 24.4 Å². The van der Waals surface area contributed by atoms with E-state index in [0.29, 0.717) is 18.1 Å². The van der Waals surface area contributed by atoms with E-state index < -0.39 is 12.1 Å². The number of methoxy groups -OCH3 is 1. The Morgan fingerprint density at radius 3 is 2.62 bits per heavy atom. The molecule has 0 saturated heterocycles. The summed E-state index contributed by atoms with van der Waals surface area (Å²) in [5.74, 6) is -0.0595. The van der Waals surface area contributed by atoms with Gasteiger partial charge in [0.2, 0.25) is 0 Å². The van der Waals surface area contributed by atoms with Gasteiger partial charge in [0.05, 0.1) is 31.8 Å². The molecule has 130 valence electrons. The summed E-state index contributed by atoms with van der Waals surface area (Å²) in [6.45, 7) is 4.10. The average molecular weight is 334 g/mol. The average Bonchev–Trinajstić information content (AvgIpc) is 2.59. The lowest BCUT2D eigenvalue weighted by Crippen LogP contribution is -2.37. The first-order valence-corrected chi connectivity index (χ1v) is 7.58. The van der Waals surface area contributed by atoms with E-state index in [9.17, 15) is 9.59 Å². The number of nitriles is 1. The van der Waals surface area contributed by atoms with Crippen molar-refractivity contribution in [2.45, 2.75) is 26.4 Å². The van der Waals surface area contributed by atoms with Crippen molar-refractivity contribution in [1.82, 2.24) is 4.90 Å². The minimum Gasteiger partial charge on any atom is -0.493 e. The Hall–Kier alpha value is -2.75. The summed E-state index contributed by atoms with van der Waals surface area (Å²) in [4.78, 5) is 25.6. The normalized spacial score (nSPS) is 11.1. The molecule has 0 spiro atoms. The summed E-state index contributed by atoms with van der Waals surface area (Å²) in [6, 6.07) is 6.63. The first-order valence-electron chi connectivity index (χ1n) is 7.58. The molecule has 1 rings (SSSR count). The SMILES string of the molecule is CCOc1ccc(C(=O)O[C@H](C)C(=O)N(C)CCC#N)cc1OC. The molecule has 0 aliphatic heterocycles. The van der Waals surface area contributed by atoms with Crippen LogP contribution in [0.3, 0.4) is 0 Å². The summed E-state index contributed by atoms with van der Waals surface area (Å²) in [7, 11) is 3.03. The number of esters is 1. The van der Waals surface area contributed by atoms with Crippen LogP contribution >= 0.6 is 0 Å². The molecule has 0 aliphatic carbocycles. The Morgan fingerprint density at radius 1 is 1.33 bits per heavy atom. The van der Waals surface area contributed by atoms with Gasteiger partial charge in [-0.25, -0.2) is 4.79 Å². The maximum absolute atomic E-state index is 12.2. The van der Waals surface area contributed by atoms with Crippen molar-refractivity contribution in [3.63, 3.8) is 0 Å². The third kappa shape index (κ3) is 5.16. The van der Waals surface area contributed by atoms with Crippen LogP contribution in [0.25, 0.3) is 0 Å². The summed E-state index contributed by atoms with van der Waals surface area (Å²) >= 11 is 0. The summed E-state index contributed by atoms with van der Waals surface area (Å²) in [5.41, 5.74) is 0.259. The summed E-state index contributed by atoms with van der Waals surface area (Å²) in [6.07, 6.45) is -0.724. The molecule has 1 amide bonds. The van der Waals surface area contributed by atoms with E-state index in [0.717, 1.165) is 0 Å². The van der Waals surface area contributed by atoms with Gasteiger partial charge in [0.1, 0.15) is 0 Å². The fourth-order valence-corrected chi connectivity index (χ4v) is 1.99. The molecule has 0 aliphatic rings. The fourth-order valence-electron chi connectivity index (χ4n) is 1.99. The topological polar surface area (TPSA) is 88.9 Å². The lowest BCUT2D eigenvalue weighted by Gasteiger charge is -2.20. The highest BCUT2D eigenvalue weighted by atomic mass is 16.5.